The molecule has 0 unspecified atom stereocenters. The number of rotatable bonds is 7. The van der Waals surface area contributed by atoms with Gasteiger partial charge in [-0.15, -0.1) is 0 Å². The maximum Gasteiger partial charge on any atom is 0.243 e. The Hall–Kier alpha value is -1.38. The summed E-state index contributed by atoms with van der Waals surface area (Å²) in [7, 11) is 0.114. The van der Waals surface area contributed by atoms with Crippen molar-refractivity contribution in [2.75, 3.05) is 27.9 Å². The van der Waals surface area contributed by atoms with Crippen LogP contribution in [0.2, 0.25) is 0 Å². The number of benzene rings is 1. The minimum Gasteiger partial charge on any atom is -0.493 e. The summed E-state index contributed by atoms with van der Waals surface area (Å²) in [6.07, 6.45) is 0. The molecule has 6 nitrogen and oxygen atoms in total. The molecule has 0 spiro atoms. The summed E-state index contributed by atoms with van der Waals surface area (Å²) < 4.78 is 55.1. The zero-order valence-corrected chi connectivity index (χ0v) is 12.6. The molecule has 0 aromatic heterocycles. The molecule has 114 valence electrons. The van der Waals surface area contributed by atoms with E-state index in [2.05, 4.69) is 4.72 Å². The van der Waals surface area contributed by atoms with Crippen LogP contribution in [0.4, 0.5) is 4.39 Å². The van der Waals surface area contributed by atoms with E-state index < -0.39 is 26.8 Å². The van der Waals surface area contributed by atoms with Crippen LogP contribution in [0.3, 0.4) is 0 Å². The molecule has 1 aromatic carbocycles. The van der Waals surface area contributed by atoms with Crippen LogP contribution in [0.5, 0.6) is 11.5 Å². The van der Waals surface area contributed by atoms with Crippen molar-refractivity contribution in [1.82, 2.24) is 4.72 Å². The van der Waals surface area contributed by atoms with E-state index >= 15 is 0 Å². The van der Waals surface area contributed by atoms with E-state index in [0.717, 1.165) is 12.1 Å². The van der Waals surface area contributed by atoms with Gasteiger partial charge in [0.2, 0.25) is 10.0 Å². The van der Waals surface area contributed by atoms with E-state index in [0.29, 0.717) is 0 Å². The lowest BCUT2D eigenvalue weighted by Gasteiger charge is -2.15. The van der Waals surface area contributed by atoms with Gasteiger partial charge in [-0.2, -0.15) is 0 Å². The number of sulfonamides is 1. The Bertz CT molecular complexity index is 561. The normalized spacial score (nSPS) is 13.1. The average Bonchev–Trinajstić information content (AvgIpc) is 2.37. The van der Waals surface area contributed by atoms with Crippen LogP contribution in [0.25, 0.3) is 0 Å². The van der Waals surface area contributed by atoms with E-state index in [1.807, 2.05) is 0 Å². The lowest BCUT2D eigenvalue weighted by atomic mass is 10.3. The van der Waals surface area contributed by atoms with E-state index in [9.17, 15) is 12.8 Å². The van der Waals surface area contributed by atoms with Gasteiger partial charge in [-0.05, 0) is 6.92 Å². The maximum atomic E-state index is 13.9. The Morgan fingerprint density at radius 3 is 2.25 bits per heavy atom. The number of hydrogen-bond donors (Lipinski definition) is 1. The molecule has 20 heavy (non-hydrogen) atoms. The molecule has 1 rings (SSSR count). The summed E-state index contributed by atoms with van der Waals surface area (Å²) in [6, 6.07) is 1.56. The fraction of sp³-hybridized carbons (Fsp3) is 0.500. The SMILES string of the molecule is COC[C@H](C)NS(=O)(=O)c1cc(OC)c(OC)cc1F. The first-order valence-electron chi connectivity index (χ1n) is 5.78. The summed E-state index contributed by atoms with van der Waals surface area (Å²) in [4.78, 5) is -0.502. The third-order valence-electron chi connectivity index (χ3n) is 2.50. The summed E-state index contributed by atoms with van der Waals surface area (Å²) in [5.41, 5.74) is 0. The van der Waals surface area contributed by atoms with Gasteiger partial charge in [0, 0.05) is 25.3 Å². The van der Waals surface area contributed by atoms with Crippen LogP contribution < -0.4 is 14.2 Å². The zero-order valence-electron chi connectivity index (χ0n) is 11.8. The Morgan fingerprint density at radius 1 is 1.20 bits per heavy atom. The van der Waals surface area contributed by atoms with Crippen LogP contribution >= 0.6 is 0 Å². The van der Waals surface area contributed by atoms with Gasteiger partial charge in [0.15, 0.2) is 11.5 Å². The molecular weight excluding hydrogens is 289 g/mol. The molecule has 8 heteroatoms. The first kappa shape index (κ1) is 16.7. The standard InChI is InChI=1S/C12H18FNO5S/c1-8(7-17-2)14-20(15,16)12-6-11(19-4)10(18-3)5-9(12)13/h5-6,8,14H,7H2,1-4H3/t8-/m0/s1. The monoisotopic (exact) mass is 307 g/mol. The topological polar surface area (TPSA) is 73.9 Å². The highest BCUT2D eigenvalue weighted by Crippen LogP contribution is 2.31. The Kier molecular flexibility index (Phi) is 5.73. The van der Waals surface area contributed by atoms with Gasteiger partial charge in [-0.1, -0.05) is 0 Å². The van der Waals surface area contributed by atoms with Crippen LogP contribution in [-0.4, -0.2) is 42.4 Å². The Morgan fingerprint density at radius 2 is 1.75 bits per heavy atom. The van der Waals surface area contributed by atoms with Crippen molar-refractivity contribution in [2.24, 2.45) is 0 Å². The molecule has 0 amide bonds. The molecule has 0 bridgehead atoms. The van der Waals surface area contributed by atoms with Crippen molar-refractivity contribution >= 4 is 10.0 Å². The number of methoxy groups -OCH3 is 3. The van der Waals surface area contributed by atoms with Crippen molar-refractivity contribution in [3.63, 3.8) is 0 Å². The maximum absolute atomic E-state index is 13.9. The fourth-order valence-corrected chi connectivity index (χ4v) is 2.96. The predicted molar refractivity (Wildman–Crippen MR) is 71.2 cm³/mol. The number of ether oxygens (including phenoxy) is 3. The Balaban J connectivity index is 3.18. The molecule has 0 aliphatic heterocycles. The molecule has 0 saturated heterocycles. The smallest absolute Gasteiger partial charge is 0.243 e. The first-order valence-corrected chi connectivity index (χ1v) is 7.26. The van der Waals surface area contributed by atoms with Crippen LogP contribution in [0, 0.1) is 5.82 Å². The summed E-state index contributed by atoms with van der Waals surface area (Å²) in [6.45, 7) is 1.79. The van der Waals surface area contributed by atoms with E-state index in [-0.39, 0.29) is 18.1 Å². The van der Waals surface area contributed by atoms with E-state index in [4.69, 9.17) is 14.2 Å². The molecule has 0 heterocycles. The van der Waals surface area contributed by atoms with Crippen molar-refractivity contribution in [2.45, 2.75) is 17.9 Å². The van der Waals surface area contributed by atoms with E-state index in [1.54, 1.807) is 6.92 Å². The molecule has 0 aliphatic carbocycles. The summed E-state index contributed by atoms with van der Waals surface area (Å²) in [5, 5.41) is 0. The van der Waals surface area contributed by atoms with Gasteiger partial charge >= 0.3 is 0 Å². The highest BCUT2D eigenvalue weighted by molar-refractivity contribution is 7.89. The highest BCUT2D eigenvalue weighted by atomic mass is 32.2. The van der Waals surface area contributed by atoms with Gasteiger partial charge in [0.1, 0.15) is 10.7 Å². The van der Waals surface area contributed by atoms with Gasteiger partial charge in [-0.3, -0.25) is 0 Å². The minimum atomic E-state index is -4.01. The molecule has 0 aliphatic rings. The van der Waals surface area contributed by atoms with Crippen LogP contribution in [-0.2, 0) is 14.8 Å². The second-order valence-corrected chi connectivity index (χ2v) is 5.80. The van der Waals surface area contributed by atoms with Gasteiger partial charge in [0.05, 0.1) is 20.8 Å². The molecule has 1 N–H and O–H groups in total. The fourth-order valence-electron chi connectivity index (χ4n) is 1.65. The van der Waals surface area contributed by atoms with Crippen molar-refractivity contribution in [3.05, 3.63) is 17.9 Å². The van der Waals surface area contributed by atoms with Crippen molar-refractivity contribution < 1.29 is 27.0 Å². The lowest BCUT2D eigenvalue weighted by Crippen LogP contribution is -2.36. The summed E-state index contributed by atoms with van der Waals surface area (Å²) in [5.74, 6) is -0.665. The number of halogens is 1. The molecule has 0 saturated carbocycles. The van der Waals surface area contributed by atoms with Crippen molar-refractivity contribution in [1.29, 1.82) is 0 Å². The largest absolute Gasteiger partial charge is 0.493 e. The number of nitrogens with one attached hydrogen (secondary N) is 1. The van der Waals surface area contributed by atoms with Crippen LogP contribution in [0.15, 0.2) is 17.0 Å². The van der Waals surface area contributed by atoms with Crippen LogP contribution in [0.1, 0.15) is 6.92 Å². The van der Waals surface area contributed by atoms with E-state index in [1.165, 1.54) is 21.3 Å². The first-order chi connectivity index (χ1) is 9.35. The predicted octanol–water partition coefficient (Wildman–Crippen LogP) is 1.16. The zero-order chi connectivity index (χ0) is 15.3. The lowest BCUT2D eigenvalue weighted by molar-refractivity contribution is 0.180. The molecule has 0 radical (unpaired) electrons. The number of hydrogen-bond acceptors (Lipinski definition) is 5. The third kappa shape index (κ3) is 3.81. The summed E-state index contributed by atoms with van der Waals surface area (Å²) >= 11 is 0. The minimum absolute atomic E-state index is 0.119. The molecule has 0 fully saturated rings. The highest BCUT2D eigenvalue weighted by Gasteiger charge is 2.24. The quantitative estimate of drug-likeness (QED) is 0.818. The second-order valence-electron chi connectivity index (χ2n) is 4.12. The van der Waals surface area contributed by atoms with Crippen molar-refractivity contribution in [3.8, 4) is 11.5 Å². The second kappa shape index (κ2) is 6.87. The van der Waals surface area contributed by atoms with Gasteiger partial charge in [0.25, 0.3) is 0 Å². The molecular formula is C12H18FNO5S. The molecule has 1 atom stereocenters. The van der Waals surface area contributed by atoms with Gasteiger partial charge < -0.3 is 14.2 Å². The average molecular weight is 307 g/mol. The van der Waals surface area contributed by atoms with Gasteiger partial charge in [-0.25, -0.2) is 17.5 Å². The third-order valence-corrected chi connectivity index (χ3v) is 4.11. The molecule has 1 aromatic rings. The Labute approximate surface area is 117 Å².